The molecule has 0 heterocycles. The Balaban J connectivity index is 3.06. The topological polar surface area (TPSA) is 35.2 Å². The van der Waals surface area contributed by atoms with Crippen LogP contribution in [0.1, 0.15) is 22.6 Å². The van der Waals surface area contributed by atoms with Crippen LogP contribution in [0.3, 0.4) is 0 Å². The molecule has 0 amide bonds. The van der Waals surface area contributed by atoms with Gasteiger partial charge < -0.3 is 10.5 Å². The molecule has 0 aliphatic carbocycles. The quantitative estimate of drug-likeness (QED) is 0.739. The van der Waals surface area contributed by atoms with E-state index in [0.717, 1.165) is 6.07 Å². The van der Waals surface area contributed by atoms with Gasteiger partial charge in [0.15, 0.2) is 0 Å². The van der Waals surface area contributed by atoms with Gasteiger partial charge in [-0.15, -0.1) is 0 Å². The Hall–Kier alpha value is -1.09. The molecule has 0 bridgehead atoms. The van der Waals surface area contributed by atoms with E-state index in [1.54, 1.807) is 6.92 Å². The van der Waals surface area contributed by atoms with Crippen molar-refractivity contribution in [2.24, 2.45) is 5.73 Å². The summed E-state index contributed by atoms with van der Waals surface area (Å²) < 4.78 is 38.4. The maximum atomic E-state index is 12.9. The first-order chi connectivity index (χ1) is 6.79. The van der Waals surface area contributed by atoms with Crippen molar-refractivity contribution in [2.75, 3.05) is 7.04 Å². The fourth-order valence-corrected chi connectivity index (χ4v) is 0.968. The minimum absolute atomic E-state index is 0.0893. The second-order valence-electron chi connectivity index (χ2n) is 2.57. The van der Waals surface area contributed by atoms with Crippen LogP contribution in [0.4, 0.5) is 4.39 Å². The van der Waals surface area contributed by atoms with Crippen molar-refractivity contribution in [3.63, 3.8) is 0 Å². The first kappa shape index (κ1) is 5.54. The fraction of sp³-hybridized carbons (Fsp3) is 0.333. The summed E-state index contributed by atoms with van der Waals surface area (Å²) in [6.45, 7) is 1.63. The molecule has 2 nitrogen and oxygen atoms in total. The molecule has 2 N–H and O–H groups in total. The lowest BCUT2D eigenvalue weighted by molar-refractivity contribution is 0.405. The minimum Gasteiger partial charge on any atom is -0.496 e. The van der Waals surface area contributed by atoms with Crippen LogP contribution in [0, 0.1) is 5.82 Å². The zero-order valence-electron chi connectivity index (χ0n) is 9.67. The van der Waals surface area contributed by atoms with Gasteiger partial charge in [0.25, 0.3) is 0 Å². The number of rotatable bonds is 2. The summed E-state index contributed by atoms with van der Waals surface area (Å²) in [5.41, 5.74) is 5.91. The Kier molecular flexibility index (Phi) is 1.63. The molecule has 66 valence electrons. The average molecular weight is 172 g/mol. The Labute approximate surface area is 75.4 Å². The largest absolute Gasteiger partial charge is 0.496 e. The summed E-state index contributed by atoms with van der Waals surface area (Å²) in [6.07, 6.45) is 0. The molecule has 0 saturated carbocycles. The van der Waals surface area contributed by atoms with Gasteiger partial charge >= 0.3 is 0 Å². The number of nitrogens with two attached hydrogens (primary N) is 1. The van der Waals surface area contributed by atoms with Crippen molar-refractivity contribution >= 4 is 0 Å². The van der Waals surface area contributed by atoms with E-state index in [0.29, 0.717) is 5.56 Å². The smallest absolute Gasteiger partial charge is 0.123 e. The van der Waals surface area contributed by atoms with E-state index in [2.05, 4.69) is 0 Å². The maximum Gasteiger partial charge on any atom is 0.123 e. The lowest BCUT2D eigenvalue weighted by atomic mass is 10.1. The Morgan fingerprint density at radius 2 is 2.42 bits per heavy atom. The van der Waals surface area contributed by atoms with Gasteiger partial charge in [0.1, 0.15) is 11.6 Å². The van der Waals surface area contributed by atoms with Crippen LogP contribution < -0.4 is 10.5 Å². The van der Waals surface area contributed by atoms with Crippen LogP contribution in [0.15, 0.2) is 18.2 Å². The van der Waals surface area contributed by atoms with Crippen LogP contribution in [-0.4, -0.2) is 7.04 Å². The van der Waals surface area contributed by atoms with Crippen LogP contribution in [-0.2, 0) is 0 Å². The number of hydrogen-bond donors (Lipinski definition) is 1. The van der Waals surface area contributed by atoms with Crippen molar-refractivity contribution in [3.05, 3.63) is 29.6 Å². The summed E-state index contributed by atoms with van der Waals surface area (Å²) in [6, 6.07) is 3.08. The van der Waals surface area contributed by atoms with Gasteiger partial charge in [0.2, 0.25) is 0 Å². The van der Waals surface area contributed by atoms with Crippen LogP contribution in [0.5, 0.6) is 5.75 Å². The van der Waals surface area contributed by atoms with E-state index in [4.69, 9.17) is 14.6 Å². The molecule has 0 radical (unpaired) electrons. The third-order valence-electron chi connectivity index (χ3n) is 1.57. The Bertz CT molecular complexity index is 352. The van der Waals surface area contributed by atoms with Crippen LogP contribution in [0.2, 0.25) is 0 Å². The molecular formula is C9H12FNO. The fourth-order valence-electron chi connectivity index (χ4n) is 0.968. The number of ether oxygens (including phenoxy) is 1. The van der Waals surface area contributed by atoms with Crippen molar-refractivity contribution in [1.29, 1.82) is 0 Å². The highest BCUT2D eigenvalue weighted by Gasteiger charge is 2.07. The number of halogens is 1. The summed E-state index contributed by atoms with van der Waals surface area (Å²) >= 11 is 0. The monoisotopic (exact) mass is 172 g/mol. The second kappa shape index (κ2) is 3.54. The van der Waals surface area contributed by atoms with E-state index < -0.39 is 18.9 Å². The summed E-state index contributed by atoms with van der Waals surface area (Å²) in [5.74, 6) is -0.383. The molecule has 1 aromatic carbocycles. The minimum atomic E-state index is -2.55. The van der Waals surface area contributed by atoms with Gasteiger partial charge in [-0.2, -0.15) is 0 Å². The lowest BCUT2D eigenvalue weighted by Crippen LogP contribution is -2.07. The van der Waals surface area contributed by atoms with Crippen LogP contribution >= 0.6 is 0 Å². The van der Waals surface area contributed by atoms with Crippen LogP contribution in [0.25, 0.3) is 0 Å². The molecule has 1 rings (SSSR count). The standard InChI is InChI=1S/C9H12FNO/c1-6(11)8-5-7(10)3-4-9(8)12-2/h3-6H,11H2,1-2H3/t6-/m1/s1/i2D3. The van der Waals surface area contributed by atoms with Crippen molar-refractivity contribution < 1.29 is 13.2 Å². The van der Waals surface area contributed by atoms with Gasteiger partial charge in [-0.25, -0.2) is 4.39 Å². The normalized spacial score (nSPS) is 17.4. The maximum absolute atomic E-state index is 12.9. The molecule has 3 heteroatoms. The summed E-state index contributed by atoms with van der Waals surface area (Å²) in [4.78, 5) is 0. The van der Waals surface area contributed by atoms with Crippen molar-refractivity contribution in [1.82, 2.24) is 0 Å². The van der Waals surface area contributed by atoms with E-state index in [1.807, 2.05) is 0 Å². The molecule has 0 aliphatic rings. The predicted molar refractivity (Wildman–Crippen MR) is 45.6 cm³/mol. The first-order valence-electron chi connectivity index (χ1n) is 5.03. The highest BCUT2D eigenvalue weighted by atomic mass is 19.1. The van der Waals surface area contributed by atoms with Crippen molar-refractivity contribution in [3.8, 4) is 5.75 Å². The highest BCUT2D eigenvalue weighted by molar-refractivity contribution is 5.35. The molecule has 0 saturated heterocycles. The third-order valence-corrected chi connectivity index (χ3v) is 1.57. The molecule has 1 aromatic rings. The molecule has 0 aliphatic heterocycles. The molecule has 0 unspecified atom stereocenters. The highest BCUT2D eigenvalue weighted by Crippen LogP contribution is 2.23. The number of methoxy groups -OCH3 is 1. The van der Waals surface area contributed by atoms with Gasteiger partial charge in [-0.3, -0.25) is 0 Å². The summed E-state index contributed by atoms with van der Waals surface area (Å²) in [5, 5.41) is 0. The third kappa shape index (κ3) is 1.74. The zero-order chi connectivity index (χ0) is 11.6. The molecule has 0 spiro atoms. The lowest BCUT2D eigenvalue weighted by Gasteiger charge is -2.10. The average Bonchev–Trinajstić information content (AvgIpc) is 2.05. The molecular weight excluding hydrogens is 157 g/mol. The van der Waals surface area contributed by atoms with E-state index in [9.17, 15) is 4.39 Å². The first-order valence-corrected chi connectivity index (χ1v) is 3.53. The number of hydrogen-bond acceptors (Lipinski definition) is 2. The van der Waals surface area contributed by atoms with E-state index in [-0.39, 0.29) is 5.75 Å². The predicted octanol–water partition coefficient (Wildman–Crippen LogP) is 1.85. The van der Waals surface area contributed by atoms with Gasteiger partial charge in [0.05, 0.1) is 11.2 Å². The molecule has 1 atom stereocenters. The van der Waals surface area contributed by atoms with Gasteiger partial charge in [0, 0.05) is 11.6 Å². The van der Waals surface area contributed by atoms with Crippen molar-refractivity contribution in [2.45, 2.75) is 13.0 Å². The van der Waals surface area contributed by atoms with E-state index >= 15 is 0 Å². The van der Waals surface area contributed by atoms with Gasteiger partial charge in [-0.05, 0) is 25.1 Å². The molecule has 0 fully saturated rings. The van der Waals surface area contributed by atoms with Gasteiger partial charge in [-0.1, -0.05) is 0 Å². The zero-order valence-corrected chi connectivity index (χ0v) is 6.67. The molecule has 12 heavy (non-hydrogen) atoms. The summed E-state index contributed by atoms with van der Waals surface area (Å²) in [7, 11) is -2.55. The number of benzene rings is 1. The second-order valence-corrected chi connectivity index (χ2v) is 2.57. The Morgan fingerprint density at radius 1 is 1.67 bits per heavy atom. The molecule has 0 aromatic heterocycles. The van der Waals surface area contributed by atoms with E-state index in [1.165, 1.54) is 12.1 Å². The SMILES string of the molecule is [2H]C([2H])([2H])Oc1ccc(F)cc1[C@@H](C)N. The Morgan fingerprint density at radius 3 is 3.00 bits per heavy atom.